The molecule has 16 heavy (non-hydrogen) atoms. The van der Waals surface area contributed by atoms with Crippen molar-refractivity contribution in [2.45, 2.75) is 51.0 Å². The topological polar surface area (TPSA) is 25.2 Å². The Morgan fingerprint density at radius 2 is 2.19 bits per heavy atom. The SMILES string of the molecule is CNC(Cc1ccco1)CC1CCCCC1. The van der Waals surface area contributed by atoms with E-state index in [1.165, 1.54) is 38.5 Å². The van der Waals surface area contributed by atoms with Crippen molar-refractivity contribution in [3.05, 3.63) is 24.2 Å². The van der Waals surface area contributed by atoms with Gasteiger partial charge in [0.05, 0.1) is 6.26 Å². The molecule has 1 atom stereocenters. The van der Waals surface area contributed by atoms with Gasteiger partial charge in [-0.25, -0.2) is 0 Å². The van der Waals surface area contributed by atoms with Gasteiger partial charge >= 0.3 is 0 Å². The third kappa shape index (κ3) is 3.38. The van der Waals surface area contributed by atoms with E-state index in [9.17, 15) is 0 Å². The average Bonchev–Trinajstić information content (AvgIpc) is 2.82. The Kier molecular flexibility index (Phi) is 4.46. The lowest BCUT2D eigenvalue weighted by Gasteiger charge is -2.25. The second-order valence-corrected chi connectivity index (χ2v) is 5.01. The summed E-state index contributed by atoms with van der Waals surface area (Å²) < 4.78 is 5.41. The standard InChI is InChI=1S/C14H23NO/c1-15-13(11-14-8-5-9-16-14)10-12-6-3-2-4-7-12/h5,8-9,12-13,15H,2-4,6-7,10-11H2,1H3. The van der Waals surface area contributed by atoms with Crippen LogP contribution in [0.3, 0.4) is 0 Å². The lowest BCUT2D eigenvalue weighted by molar-refractivity contribution is 0.296. The van der Waals surface area contributed by atoms with Crippen LogP contribution in [0.4, 0.5) is 0 Å². The summed E-state index contributed by atoms with van der Waals surface area (Å²) in [6, 6.07) is 4.63. The maximum Gasteiger partial charge on any atom is 0.105 e. The number of hydrogen-bond acceptors (Lipinski definition) is 2. The summed E-state index contributed by atoms with van der Waals surface area (Å²) in [4.78, 5) is 0. The molecule has 1 aromatic rings. The summed E-state index contributed by atoms with van der Waals surface area (Å²) in [5, 5.41) is 3.43. The highest BCUT2D eigenvalue weighted by Crippen LogP contribution is 2.28. The second-order valence-electron chi connectivity index (χ2n) is 5.01. The van der Waals surface area contributed by atoms with E-state index < -0.39 is 0 Å². The van der Waals surface area contributed by atoms with Crippen LogP contribution in [0.15, 0.2) is 22.8 Å². The minimum Gasteiger partial charge on any atom is -0.469 e. The van der Waals surface area contributed by atoms with Crippen molar-refractivity contribution in [2.75, 3.05) is 7.05 Å². The van der Waals surface area contributed by atoms with Crippen LogP contribution < -0.4 is 5.32 Å². The summed E-state index contributed by atoms with van der Waals surface area (Å²) in [5.41, 5.74) is 0. The second kappa shape index (κ2) is 6.09. The molecule has 1 saturated carbocycles. The van der Waals surface area contributed by atoms with Gasteiger partial charge in [0.2, 0.25) is 0 Å². The average molecular weight is 221 g/mol. The van der Waals surface area contributed by atoms with E-state index in [2.05, 4.69) is 18.4 Å². The summed E-state index contributed by atoms with van der Waals surface area (Å²) in [7, 11) is 2.07. The van der Waals surface area contributed by atoms with Gasteiger partial charge < -0.3 is 9.73 Å². The monoisotopic (exact) mass is 221 g/mol. The Morgan fingerprint density at radius 1 is 1.38 bits per heavy atom. The summed E-state index contributed by atoms with van der Waals surface area (Å²) in [6.45, 7) is 0. The van der Waals surface area contributed by atoms with Crippen LogP contribution in [-0.2, 0) is 6.42 Å². The van der Waals surface area contributed by atoms with Gasteiger partial charge in [-0.05, 0) is 31.5 Å². The van der Waals surface area contributed by atoms with Crippen LogP contribution in [0.5, 0.6) is 0 Å². The summed E-state index contributed by atoms with van der Waals surface area (Å²) >= 11 is 0. The smallest absolute Gasteiger partial charge is 0.105 e. The molecular weight excluding hydrogens is 198 g/mol. The lowest BCUT2D eigenvalue weighted by atomic mass is 9.84. The molecule has 1 fully saturated rings. The highest BCUT2D eigenvalue weighted by Gasteiger charge is 2.18. The Bertz CT molecular complexity index is 275. The Morgan fingerprint density at radius 3 is 2.81 bits per heavy atom. The van der Waals surface area contributed by atoms with E-state index in [0.29, 0.717) is 6.04 Å². The van der Waals surface area contributed by atoms with E-state index >= 15 is 0 Å². The molecule has 0 spiro atoms. The molecule has 1 aliphatic rings. The third-order valence-corrected chi connectivity index (χ3v) is 3.78. The van der Waals surface area contributed by atoms with Gasteiger partial charge in [0.1, 0.15) is 5.76 Å². The number of rotatable bonds is 5. The van der Waals surface area contributed by atoms with Crippen molar-refractivity contribution in [1.29, 1.82) is 0 Å². The predicted molar refractivity (Wildman–Crippen MR) is 66.5 cm³/mol. The quantitative estimate of drug-likeness (QED) is 0.824. The molecule has 2 rings (SSSR count). The summed E-state index contributed by atoms with van der Waals surface area (Å²) in [6.07, 6.45) is 11.3. The van der Waals surface area contributed by atoms with E-state index in [1.54, 1.807) is 6.26 Å². The molecule has 0 amide bonds. The van der Waals surface area contributed by atoms with Crippen molar-refractivity contribution in [3.63, 3.8) is 0 Å². The highest BCUT2D eigenvalue weighted by atomic mass is 16.3. The molecule has 0 radical (unpaired) electrons. The van der Waals surface area contributed by atoms with Gasteiger partial charge in [0.15, 0.2) is 0 Å². The van der Waals surface area contributed by atoms with E-state index in [4.69, 9.17) is 4.42 Å². The first kappa shape index (κ1) is 11.7. The number of hydrogen-bond donors (Lipinski definition) is 1. The zero-order valence-electron chi connectivity index (χ0n) is 10.2. The van der Waals surface area contributed by atoms with Crippen molar-refractivity contribution in [1.82, 2.24) is 5.32 Å². The fourth-order valence-electron chi connectivity index (χ4n) is 2.80. The maximum absolute atomic E-state index is 5.41. The minimum atomic E-state index is 0.578. The Hall–Kier alpha value is -0.760. The van der Waals surface area contributed by atoms with Gasteiger partial charge in [-0.3, -0.25) is 0 Å². The molecule has 0 saturated heterocycles. The van der Waals surface area contributed by atoms with Gasteiger partial charge in [-0.2, -0.15) is 0 Å². The molecule has 1 N–H and O–H groups in total. The van der Waals surface area contributed by atoms with Gasteiger partial charge in [0, 0.05) is 12.5 Å². The van der Waals surface area contributed by atoms with E-state index in [0.717, 1.165) is 18.1 Å². The fraction of sp³-hybridized carbons (Fsp3) is 0.714. The Labute approximate surface area is 98.4 Å². The number of likely N-dealkylation sites (N-methyl/N-ethyl adjacent to an activating group) is 1. The predicted octanol–water partition coefficient (Wildman–Crippen LogP) is 3.38. The number of furan rings is 1. The van der Waals surface area contributed by atoms with Gasteiger partial charge in [0.25, 0.3) is 0 Å². The molecular formula is C14H23NO. The van der Waals surface area contributed by atoms with Crippen molar-refractivity contribution < 1.29 is 4.42 Å². The summed E-state index contributed by atoms with van der Waals surface area (Å²) in [5.74, 6) is 2.04. The molecule has 1 aliphatic carbocycles. The van der Waals surface area contributed by atoms with Crippen LogP contribution >= 0.6 is 0 Å². The molecule has 0 aromatic carbocycles. The number of nitrogens with one attached hydrogen (secondary N) is 1. The van der Waals surface area contributed by atoms with Crippen molar-refractivity contribution >= 4 is 0 Å². The zero-order chi connectivity index (χ0) is 11.2. The van der Waals surface area contributed by atoms with Crippen LogP contribution in [0.2, 0.25) is 0 Å². The van der Waals surface area contributed by atoms with Crippen molar-refractivity contribution in [2.24, 2.45) is 5.92 Å². The molecule has 90 valence electrons. The molecule has 1 unspecified atom stereocenters. The zero-order valence-corrected chi connectivity index (χ0v) is 10.2. The van der Waals surface area contributed by atoms with Crippen LogP contribution in [0, 0.1) is 5.92 Å². The Balaban J connectivity index is 1.80. The van der Waals surface area contributed by atoms with E-state index in [1.807, 2.05) is 6.07 Å². The molecule has 1 heterocycles. The van der Waals surface area contributed by atoms with Gasteiger partial charge in [-0.15, -0.1) is 0 Å². The third-order valence-electron chi connectivity index (χ3n) is 3.78. The van der Waals surface area contributed by atoms with Crippen LogP contribution in [0.1, 0.15) is 44.3 Å². The minimum absolute atomic E-state index is 0.578. The maximum atomic E-state index is 5.41. The largest absolute Gasteiger partial charge is 0.469 e. The van der Waals surface area contributed by atoms with Crippen LogP contribution in [0.25, 0.3) is 0 Å². The molecule has 2 heteroatoms. The highest BCUT2D eigenvalue weighted by molar-refractivity contribution is 5.00. The lowest BCUT2D eigenvalue weighted by Crippen LogP contribution is -2.30. The first-order valence-corrected chi connectivity index (χ1v) is 6.58. The van der Waals surface area contributed by atoms with Gasteiger partial charge in [-0.1, -0.05) is 32.1 Å². The first-order valence-electron chi connectivity index (χ1n) is 6.58. The molecule has 0 bridgehead atoms. The van der Waals surface area contributed by atoms with Crippen LogP contribution in [-0.4, -0.2) is 13.1 Å². The normalized spacial score (nSPS) is 19.8. The molecule has 0 aliphatic heterocycles. The first-order chi connectivity index (χ1) is 7.88. The molecule has 2 nitrogen and oxygen atoms in total. The van der Waals surface area contributed by atoms with E-state index in [-0.39, 0.29) is 0 Å². The van der Waals surface area contributed by atoms with Crippen molar-refractivity contribution in [3.8, 4) is 0 Å². The fourth-order valence-corrected chi connectivity index (χ4v) is 2.80. The molecule has 1 aromatic heterocycles.